The fourth-order valence-electron chi connectivity index (χ4n) is 3.24. The van der Waals surface area contributed by atoms with Gasteiger partial charge in [0.1, 0.15) is 5.75 Å². The molecule has 0 radical (unpaired) electrons. The van der Waals surface area contributed by atoms with E-state index in [1.165, 1.54) is 11.1 Å². The van der Waals surface area contributed by atoms with Gasteiger partial charge in [-0.05, 0) is 62.0 Å². The molecule has 0 saturated carbocycles. The molecular formula is C22H28N2O2. The lowest BCUT2D eigenvalue weighted by Gasteiger charge is -2.21. The van der Waals surface area contributed by atoms with Gasteiger partial charge in [0.05, 0.1) is 6.61 Å². The number of ether oxygens (including phenoxy) is 1. The Hall–Kier alpha value is -2.33. The molecule has 4 nitrogen and oxygen atoms in total. The maximum atomic E-state index is 12.0. The van der Waals surface area contributed by atoms with Crippen molar-refractivity contribution in [2.75, 3.05) is 26.2 Å². The third kappa shape index (κ3) is 5.88. The average Bonchev–Trinajstić information content (AvgIpc) is 2.70. The molecule has 2 aromatic rings. The van der Waals surface area contributed by atoms with Crippen molar-refractivity contribution in [3.8, 4) is 5.75 Å². The molecule has 3 rings (SSSR count). The molecule has 138 valence electrons. The van der Waals surface area contributed by atoms with Crippen LogP contribution in [-0.2, 0) is 11.2 Å². The van der Waals surface area contributed by atoms with Gasteiger partial charge >= 0.3 is 0 Å². The third-order valence-corrected chi connectivity index (χ3v) is 4.77. The van der Waals surface area contributed by atoms with E-state index in [-0.39, 0.29) is 11.8 Å². The molecule has 1 aliphatic heterocycles. The molecule has 0 aliphatic carbocycles. The molecule has 0 spiro atoms. The lowest BCUT2D eigenvalue weighted by Crippen LogP contribution is -2.38. The molecule has 0 bridgehead atoms. The number of amides is 1. The van der Waals surface area contributed by atoms with E-state index < -0.39 is 0 Å². The zero-order valence-electron chi connectivity index (χ0n) is 15.2. The summed E-state index contributed by atoms with van der Waals surface area (Å²) >= 11 is 0. The van der Waals surface area contributed by atoms with Crippen molar-refractivity contribution in [2.24, 2.45) is 5.92 Å². The summed E-state index contributed by atoms with van der Waals surface area (Å²) in [5.74, 6) is 1.25. The molecule has 0 atom stereocenters. The van der Waals surface area contributed by atoms with Crippen LogP contribution in [0, 0.1) is 5.92 Å². The number of hydrogen-bond acceptors (Lipinski definition) is 3. The summed E-state index contributed by atoms with van der Waals surface area (Å²) in [6.45, 7) is 3.18. The van der Waals surface area contributed by atoms with Crippen LogP contribution in [0.1, 0.15) is 30.4 Å². The van der Waals surface area contributed by atoms with Crippen molar-refractivity contribution in [3.05, 3.63) is 65.7 Å². The number of nitrogens with one attached hydrogen (secondary N) is 2. The van der Waals surface area contributed by atoms with Crippen molar-refractivity contribution >= 4 is 5.91 Å². The highest BCUT2D eigenvalue weighted by atomic mass is 16.5. The summed E-state index contributed by atoms with van der Waals surface area (Å²) < 4.78 is 5.78. The maximum Gasteiger partial charge on any atom is 0.223 e. The molecule has 1 fully saturated rings. The first-order valence-electron chi connectivity index (χ1n) is 9.55. The van der Waals surface area contributed by atoms with Gasteiger partial charge in [-0.3, -0.25) is 4.79 Å². The molecule has 0 unspecified atom stereocenters. The smallest absolute Gasteiger partial charge is 0.223 e. The number of carbonyl (C=O) groups is 1. The zero-order chi connectivity index (χ0) is 18.0. The van der Waals surface area contributed by atoms with Gasteiger partial charge in [0, 0.05) is 12.5 Å². The Kier molecular flexibility index (Phi) is 7.08. The molecule has 1 aliphatic rings. The van der Waals surface area contributed by atoms with Gasteiger partial charge < -0.3 is 15.4 Å². The van der Waals surface area contributed by atoms with Crippen LogP contribution in [0.2, 0.25) is 0 Å². The molecule has 1 saturated heterocycles. The van der Waals surface area contributed by atoms with Crippen molar-refractivity contribution in [1.82, 2.24) is 10.6 Å². The van der Waals surface area contributed by atoms with E-state index >= 15 is 0 Å². The molecule has 0 aromatic heterocycles. The minimum atomic E-state index is 0.175. The largest absolute Gasteiger partial charge is 0.494 e. The Morgan fingerprint density at radius 1 is 1.00 bits per heavy atom. The average molecular weight is 352 g/mol. The number of carbonyl (C=O) groups excluding carboxylic acids is 1. The topological polar surface area (TPSA) is 50.4 Å². The van der Waals surface area contributed by atoms with Gasteiger partial charge in [-0.25, -0.2) is 0 Å². The predicted octanol–water partition coefficient (Wildman–Crippen LogP) is 3.16. The van der Waals surface area contributed by atoms with Gasteiger partial charge in [-0.15, -0.1) is 0 Å². The van der Waals surface area contributed by atoms with E-state index in [2.05, 4.69) is 47.0 Å². The Bertz CT molecular complexity index is 664. The molecule has 1 amide bonds. The lowest BCUT2D eigenvalue weighted by molar-refractivity contribution is -0.125. The van der Waals surface area contributed by atoms with E-state index in [0.717, 1.165) is 44.5 Å². The Labute approximate surface area is 156 Å². The summed E-state index contributed by atoms with van der Waals surface area (Å²) in [5, 5.41) is 6.31. The Morgan fingerprint density at radius 3 is 2.42 bits per heavy atom. The van der Waals surface area contributed by atoms with Crippen molar-refractivity contribution in [1.29, 1.82) is 0 Å². The van der Waals surface area contributed by atoms with Crippen LogP contribution < -0.4 is 15.4 Å². The van der Waals surface area contributed by atoms with Gasteiger partial charge in [-0.2, -0.15) is 0 Å². The number of benzene rings is 2. The lowest BCUT2D eigenvalue weighted by atomic mass is 9.97. The van der Waals surface area contributed by atoms with Crippen molar-refractivity contribution < 1.29 is 9.53 Å². The second-order valence-electron chi connectivity index (χ2n) is 6.82. The highest BCUT2D eigenvalue weighted by Gasteiger charge is 2.19. The molecule has 2 N–H and O–H groups in total. The van der Waals surface area contributed by atoms with Crippen LogP contribution in [0.5, 0.6) is 5.75 Å². The summed E-state index contributed by atoms with van der Waals surface area (Å²) in [5.41, 5.74) is 2.59. The first kappa shape index (κ1) is 18.5. The fourth-order valence-corrected chi connectivity index (χ4v) is 3.24. The molecule has 26 heavy (non-hydrogen) atoms. The molecular weight excluding hydrogens is 324 g/mol. The van der Waals surface area contributed by atoms with Crippen molar-refractivity contribution in [2.45, 2.75) is 25.7 Å². The SMILES string of the molecule is O=C(NCCCOc1ccc(Cc2ccccc2)cc1)C1CCNCC1. The Morgan fingerprint density at radius 2 is 1.69 bits per heavy atom. The molecule has 1 heterocycles. The van der Waals surface area contributed by atoms with E-state index in [1.54, 1.807) is 0 Å². The standard InChI is InChI=1S/C22H28N2O2/c25-22(20-11-14-23-15-12-20)24-13-4-16-26-21-9-7-19(8-10-21)17-18-5-2-1-3-6-18/h1-3,5-10,20,23H,4,11-17H2,(H,24,25). The van der Waals surface area contributed by atoms with E-state index in [4.69, 9.17) is 4.74 Å². The highest BCUT2D eigenvalue weighted by Crippen LogP contribution is 2.15. The van der Waals surface area contributed by atoms with E-state index in [9.17, 15) is 4.79 Å². The van der Waals surface area contributed by atoms with Gasteiger partial charge in [0.15, 0.2) is 0 Å². The normalized spacial score (nSPS) is 14.8. The highest BCUT2D eigenvalue weighted by molar-refractivity contribution is 5.78. The predicted molar refractivity (Wildman–Crippen MR) is 104 cm³/mol. The van der Waals surface area contributed by atoms with Gasteiger partial charge in [0.2, 0.25) is 5.91 Å². The minimum absolute atomic E-state index is 0.175. The summed E-state index contributed by atoms with van der Waals surface area (Å²) in [4.78, 5) is 12.0. The van der Waals surface area contributed by atoms with Crippen LogP contribution in [0.15, 0.2) is 54.6 Å². The molecule has 2 aromatic carbocycles. The zero-order valence-corrected chi connectivity index (χ0v) is 15.2. The monoisotopic (exact) mass is 352 g/mol. The second kappa shape index (κ2) is 9.97. The summed E-state index contributed by atoms with van der Waals surface area (Å²) in [7, 11) is 0. The number of rotatable bonds is 8. The summed E-state index contributed by atoms with van der Waals surface area (Å²) in [6.07, 6.45) is 3.64. The number of piperidine rings is 1. The first-order valence-corrected chi connectivity index (χ1v) is 9.55. The van der Waals surface area contributed by atoms with Crippen LogP contribution >= 0.6 is 0 Å². The third-order valence-electron chi connectivity index (χ3n) is 4.77. The number of hydrogen-bond donors (Lipinski definition) is 2. The van der Waals surface area contributed by atoms with Crippen LogP contribution in [0.25, 0.3) is 0 Å². The van der Waals surface area contributed by atoms with Crippen molar-refractivity contribution in [3.63, 3.8) is 0 Å². The summed E-state index contributed by atoms with van der Waals surface area (Å²) in [6, 6.07) is 18.7. The van der Waals surface area contributed by atoms with E-state index in [1.807, 2.05) is 18.2 Å². The van der Waals surface area contributed by atoms with Crippen LogP contribution in [0.4, 0.5) is 0 Å². The first-order chi connectivity index (χ1) is 12.8. The quantitative estimate of drug-likeness (QED) is 0.718. The minimum Gasteiger partial charge on any atom is -0.494 e. The fraction of sp³-hybridized carbons (Fsp3) is 0.409. The van der Waals surface area contributed by atoms with Crippen LogP contribution in [0.3, 0.4) is 0 Å². The van der Waals surface area contributed by atoms with Gasteiger partial charge in [-0.1, -0.05) is 42.5 Å². The van der Waals surface area contributed by atoms with Crippen LogP contribution in [-0.4, -0.2) is 32.1 Å². The Balaban J connectivity index is 1.33. The molecule has 4 heteroatoms. The van der Waals surface area contributed by atoms with Gasteiger partial charge in [0.25, 0.3) is 0 Å². The second-order valence-corrected chi connectivity index (χ2v) is 6.82. The maximum absolute atomic E-state index is 12.0. The van der Waals surface area contributed by atoms with E-state index in [0.29, 0.717) is 13.2 Å².